The lowest BCUT2D eigenvalue weighted by molar-refractivity contribution is -0.870. The first kappa shape index (κ1) is 30.6. The Morgan fingerprint density at radius 3 is 1.71 bits per heavy atom. The lowest BCUT2D eigenvalue weighted by Gasteiger charge is -2.28. The van der Waals surface area contributed by atoms with Crippen molar-refractivity contribution in [3.63, 3.8) is 0 Å². The number of rotatable bonds is 5. The Morgan fingerprint density at radius 1 is 0.943 bits per heavy atom. The van der Waals surface area contributed by atoms with Crippen LogP contribution in [0.5, 0.6) is 5.75 Å². The number of aromatic hydroxyl groups is 1. The van der Waals surface area contributed by atoms with Crippen molar-refractivity contribution in [1.82, 2.24) is 0 Å². The Bertz CT molecular complexity index is 1080. The van der Waals surface area contributed by atoms with Crippen molar-refractivity contribution in [3.05, 3.63) is 58.7 Å². The first-order chi connectivity index (χ1) is 15.6. The van der Waals surface area contributed by atoms with Crippen LogP contribution in [0.25, 0.3) is 0 Å². The fourth-order valence-electron chi connectivity index (χ4n) is 3.10. The summed E-state index contributed by atoms with van der Waals surface area (Å²) < 4.78 is 37.3. The summed E-state index contributed by atoms with van der Waals surface area (Å²) in [5, 5.41) is 10.7. The highest BCUT2D eigenvalue weighted by Crippen LogP contribution is 2.39. The number of aryl methyl sites for hydroxylation is 1. The molecule has 2 aromatic rings. The van der Waals surface area contributed by atoms with E-state index in [2.05, 4.69) is 21.1 Å². The molecule has 0 saturated carbocycles. The molecule has 0 bridgehead atoms. The van der Waals surface area contributed by atoms with Gasteiger partial charge in [0.25, 0.3) is 0 Å². The van der Waals surface area contributed by atoms with Crippen molar-refractivity contribution < 1.29 is 32.1 Å². The molecular weight excluding hydrogens is 466 g/mol. The summed E-state index contributed by atoms with van der Waals surface area (Å²) in [7, 11) is 1.91. The van der Waals surface area contributed by atoms with Gasteiger partial charge in [0.05, 0.1) is 31.6 Å². The van der Waals surface area contributed by atoms with Gasteiger partial charge in [-0.1, -0.05) is 59.2 Å². The number of hydrogen-bond donors (Lipinski definition) is 1. The minimum atomic E-state index is -4.27. The molecule has 0 unspecified atom stereocenters. The number of carbonyl (C=O) groups excluding carboxylic acids is 1. The first-order valence-electron chi connectivity index (χ1n) is 11.5. The number of phenolic OH excluding ortho intramolecular Hbond substituents is 1. The van der Waals surface area contributed by atoms with Crippen LogP contribution in [-0.2, 0) is 25.7 Å². The standard InChI is InChI=1S/C20H33NO3.C7H8O3S/c1-19(2,3)15-12-14(13-16(17(15)22)20(4,5)6)18(23)24-11-10-21(7,8)9;1-6-2-4-7(5-3-6)11(8,9)10/h12-13H,10-11H2,1-9H3;2-5H,1H3,(H,8,9,10). The Kier molecular flexibility index (Phi) is 9.71. The smallest absolute Gasteiger partial charge is 0.338 e. The zero-order chi connectivity index (χ0) is 27.4. The van der Waals surface area contributed by atoms with Gasteiger partial charge in [-0.05, 0) is 42.0 Å². The molecule has 2 aromatic carbocycles. The molecule has 35 heavy (non-hydrogen) atoms. The number of nitrogens with zero attached hydrogens (tertiary/aromatic N) is 1. The minimum Gasteiger partial charge on any atom is -0.744 e. The predicted octanol–water partition coefficient (Wildman–Crippen LogP) is 4.75. The molecule has 0 heterocycles. The molecule has 0 radical (unpaired) electrons. The van der Waals surface area contributed by atoms with Gasteiger partial charge in [-0.2, -0.15) is 0 Å². The second kappa shape index (κ2) is 11.1. The molecule has 0 saturated heterocycles. The number of phenols is 1. The van der Waals surface area contributed by atoms with E-state index in [0.717, 1.165) is 27.7 Å². The number of likely N-dealkylation sites (N-methyl/N-ethyl adjacent to an activating group) is 1. The normalized spacial score (nSPS) is 12.5. The van der Waals surface area contributed by atoms with Gasteiger partial charge in [0.2, 0.25) is 0 Å². The van der Waals surface area contributed by atoms with Crippen molar-refractivity contribution in [2.45, 2.75) is 64.2 Å². The molecular formula is C27H41NO6S. The zero-order valence-electron chi connectivity index (χ0n) is 22.7. The maximum absolute atomic E-state index is 12.5. The molecule has 0 fully saturated rings. The van der Waals surface area contributed by atoms with Gasteiger partial charge in [0.15, 0.2) is 0 Å². The van der Waals surface area contributed by atoms with Crippen LogP contribution in [0.4, 0.5) is 0 Å². The van der Waals surface area contributed by atoms with Crippen molar-refractivity contribution in [1.29, 1.82) is 0 Å². The summed E-state index contributed by atoms with van der Waals surface area (Å²) in [6.07, 6.45) is 0. The maximum atomic E-state index is 12.5. The fourth-order valence-corrected chi connectivity index (χ4v) is 3.57. The summed E-state index contributed by atoms with van der Waals surface area (Å²) >= 11 is 0. The molecule has 0 aliphatic heterocycles. The molecule has 0 spiro atoms. The Morgan fingerprint density at radius 2 is 1.37 bits per heavy atom. The average molecular weight is 508 g/mol. The van der Waals surface area contributed by atoms with Gasteiger partial charge >= 0.3 is 5.97 Å². The highest BCUT2D eigenvalue weighted by atomic mass is 32.2. The lowest BCUT2D eigenvalue weighted by atomic mass is 9.78. The summed E-state index contributed by atoms with van der Waals surface area (Å²) in [6.45, 7) is 15.1. The van der Waals surface area contributed by atoms with Gasteiger partial charge in [0, 0.05) is 11.1 Å². The second-order valence-electron chi connectivity index (χ2n) is 11.8. The number of ether oxygens (including phenoxy) is 1. The largest absolute Gasteiger partial charge is 0.744 e. The van der Waals surface area contributed by atoms with E-state index in [4.69, 9.17) is 4.74 Å². The van der Waals surface area contributed by atoms with E-state index in [9.17, 15) is 22.9 Å². The molecule has 2 rings (SSSR count). The van der Waals surface area contributed by atoms with Gasteiger partial charge in [-0.15, -0.1) is 0 Å². The number of quaternary nitrogens is 1. The van der Waals surface area contributed by atoms with Gasteiger partial charge < -0.3 is 18.9 Å². The van der Waals surface area contributed by atoms with E-state index < -0.39 is 10.1 Å². The summed E-state index contributed by atoms with van der Waals surface area (Å²) in [4.78, 5) is 12.3. The molecule has 0 atom stereocenters. The molecule has 0 amide bonds. The van der Waals surface area contributed by atoms with E-state index in [1.165, 1.54) is 12.1 Å². The molecule has 0 aliphatic carbocycles. The summed E-state index contributed by atoms with van der Waals surface area (Å²) in [6, 6.07) is 9.31. The van der Waals surface area contributed by atoms with Gasteiger partial charge in [-0.3, -0.25) is 0 Å². The number of esters is 1. The van der Waals surface area contributed by atoms with Crippen LogP contribution in [0.3, 0.4) is 0 Å². The average Bonchev–Trinajstić information content (AvgIpc) is 2.65. The highest BCUT2D eigenvalue weighted by Gasteiger charge is 2.28. The first-order valence-corrected chi connectivity index (χ1v) is 12.9. The molecule has 196 valence electrons. The fraction of sp³-hybridized carbons (Fsp3) is 0.519. The van der Waals surface area contributed by atoms with Crippen LogP contribution in [0.1, 0.15) is 68.6 Å². The lowest BCUT2D eigenvalue weighted by Crippen LogP contribution is -2.38. The SMILES string of the molecule is CC(C)(C)c1cc(C(=O)OCC[N+](C)(C)C)cc(C(C)(C)C)c1O.Cc1ccc(S(=O)(=O)[O-])cc1. The van der Waals surface area contributed by atoms with Crippen LogP contribution in [0.2, 0.25) is 0 Å². The zero-order valence-corrected chi connectivity index (χ0v) is 23.5. The quantitative estimate of drug-likeness (QED) is 0.356. The minimum absolute atomic E-state index is 0.178. The van der Waals surface area contributed by atoms with Gasteiger partial charge in [0.1, 0.15) is 29.0 Å². The molecule has 7 nitrogen and oxygen atoms in total. The van der Waals surface area contributed by atoms with Crippen molar-refractivity contribution in [3.8, 4) is 5.75 Å². The third kappa shape index (κ3) is 9.99. The van der Waals surface area contributed by atoms with E-state index >= 15 is 0 Å². The Hall–Kier alpha value is -2.42. The van der Waals surface area contributed by atoms with E-state index in [1.807, 2.05) is 48.5 Å². The van der Waals surface area contributed by atoms with Crippen molar-refractivity contribution in [2.24, 2.45) is 0 Å². The van der Waals surface area contributed by atoms with Crippen LogP contribution in [-0.4, -0.2) is 62.8 Å². The maximum Gasteiger partial charge on any atom is 0.338 e. The third-order valence-corrected chi connectivity index (χ3v) is 6.12. The monoisotopic (exact) mass is 507 g/mol. The second-order valence-corrected chi connectivity index (χ2v) is 13.2. The summed E-state index contributed by atoms with van der Waals surface area (Å²) in [5.41, 5.74) is 2.45. The number of benzene rings is 2. The molecule has 1 N–H and O–H groups in total. The van der Waals surface area contributed by atoms with Crippen LogP contribution in [0.15, 0.2) is 41.3 Å². The number of carbonyl (C=O) groups is 1. The van der Waals surface area contributed by atoms with Gasteiger partial charge in [-0.25, -0.2) is 13.2 Å². The third-order valence-electron chi connectivity index (χ3n) is 5.27. The molecule has 0 aliphatic rings. The van der Waals surface area contributed by atoms with Crippen LogP contribution >= 0.6 is 0 Å². The highest BCUT2D eigenvalue weighted by molar-refractivity contribution is 7.85. The van der Waals surface area contributed by atoms with Crippen molar-refractivity contribution >= 4 is 16.1 Å². The Balaban J connectivity index is 0.000000462. The van der Waals surface area contributed by atoms with Crippen molar-refractivity contribution in [2.75, 3.05) is 34.3 Å². The molecule has 0 aromatic heterocycles. The van der Waals surface area contributed by atoms with E-state index in [0.29, 0.717) is 12.2 Å². The predicted molar refractivity (Wildman–Crippen MR) is 138 cm³/mol. The number of hydrogen-bond acceptors (Lipinski definition) is 6. The summed E-state index contributed by atoms with van der Waals surface area (Å²) in [5.74, 6) is -0.0580. The van der Waals surface area contributed by atoms with E-state index in [-0.39, 0.29) is 27.4 Å². The van der Waals surface area contributed by atoms with Crippen LogP contribution < -0.4 is 0 Å². The van der Waals surface area contributed by atoms with E-state index in [1.54, 1.807) is 24.3 Å². The Labute approximate surface area is 211 Å². The van der Waals surface area contributed by atoms with Crippen LogP contribution in [0, 0.1) is 6.92 Å². The topological polar surface area (TPSA) is 104 Å². The molecule has 8 heteroatoms.